The van der Waals surface area contributed by atoms with Gasteiger partial charge in [0.1, 0.15) is 21.2 Å². The predicted octanol–water partition coefficient (Wildman–Crippen LogP) is 3.31. The van der Waals surface area contributed by atoms with E-state index >= 15 is 0 Å². The molecule has 0 radical (unpaired) electrons. The van der Waals surface area contributed by atoms with Crippen LogP contribution in [0.15, 0.2) is 91.6 Å². The van der Waals surface area contributed by atoms with Crippen LogP contribution in [0.1, 0.15) is 10.4 Å². The molecule has 48 heavy (non-hydrogen) atoms. The van der Waals surface area contributed by atoms with Crippen molar-refractivity contribution in [2.45, 2.75) is 14.7 Å². The minimum absolute atomic E-state index is 0.0895. The molecule has 5 N–H and O–H groups in total. The molecule has 0 aliphatic carbocycles. The molecule has 4 aromatic carbocycles. The quantitative estimate of drug-likeness (QED) is 0.103. The smallest absolute Gasteiger partial charge is 0.397 e. The second-order valence-electron chi connectivity index (χ2n) is 9.51. The zero-order valence-electron chi connectivity index (χ0n) is 24.1. The number of hydrogen-bond donors (Lipinski definition) is 5. The second kappa shape index (κ2) is 13.5. The first-order valence-electron chi connectivity index (χ1n) is 12.8. The van der Waals surface area contributed by atoms with Gasteiger partial charge in [0.2, 0.25) is 0 Å². The number of carbonyl (C=O) groups excluding carboxylic acids is 1. The van der Waals surface area contributed by atoms with Gasteiger partial charge in [-0.3, -0.25) is 18.5 Å². The first-order valence-corrected chi connectivity index (χ1v) is 18.7. The Morgan fingerprint density at radius 2 is 1.48 bits per heavy atom. The number of methoxy groups -OCH3 is 1. The molecule has 0 bridgehead atoms. The third-order valence-electron chi connectivity index (χ3n) is 6.32. The van der Waals surface area contributed by atoms with E-state index < -0.39 is 101 Å². The zero-order chi connectivity index (χ0) is 35.7. The van der Waals surface area contributed by atoms with Crippen LogP contribution in [0.25, 0.3) is 10.8 Å². The Bertz CT molecular complexity index is 2400. The highest BCUT2D eigenvalue weighted by molar-refractivity contribution is 7.91. The molecule has 18 nitrogen and oxygen atoms in total. The third-order valence-corrected chi connectivity index (χ3v) is 10.2. The van der Waals surface area contributed by atoms with Crippen LogP contribution < -0.4 is 10.1 Å². The fourth-order valence-corrected chi connectivity index (χ4v) is 7.10. The van der Waals surface area contributed by atoms with Gasteiger partial charge in [0.05, 0.1) is 35.7 Å². The molecular weight excluding hydrogens is 723 g/mol. The van der Waals surface area contributed by atoms with Crippen molar-refractivity contribution in [3.8, 4) is 11.5 Å². The largest absolute Gasteiger partial charge is 0.505 e. The van der Waals surface area contributed by atoms with Gasteiger partial charge in [-0.25, -0.2) is 12.6 Å². The summed E-state index contributed by atoms with van der Waals surface area (Å²) in [6.45, 7) is -0.971. The van der Waals surface area contributed by atoms with Crippen LogP contribution >= 0.6 is 0 Å². The van der Waals surface area contributed by atoms with Gasteiger partial charge in [0.15, 0.2) is 15.6 Å². The van der Waals surface area contributed by atoms with Crippen LogP contribution in [0, 0.1) is 0 Å². The molecule has 4 rings (SSSR count). The van der Waals surface area contributed by atoms with Crippen molar-refractivity contribution in [3.63, 3.8) is 0 Å². The minimum atomic E-state index is -5.26. The normalized spacial score (nSPS) is 12.8. The number of carbonyl (C=O) groups is 1. The van der Waals surface area contributed by atoms with Gasteiger partial charge in [0, 0.05) is 10.9 Å². The molecule has 0 aromatic heterocycles. The minimum Gasteiger partial charge on any atom is -0.505 e. The average molecular weight is 746 g/mol. The SMILES string of the molecule is COc1ccc(N=Nc2c(S(=O)(=O)O)cc3cc(S(=O)(=O)O)cc(NC(=O)c4ccccc4)c3c2O)cc1S(=O)(=O)CCOS(=O)(=O)O. The molecule has 0 aliphatic rings. The van der Waals surface area contributed by atoms with Crippen LogP contribution in [0.4, 0.5) is 17.1 Å². The van der Waals surface area contributed by atoms with Crippen LogP contribution in [0.2, 0.25) is 0 Å². The van der Waals surface area contributed by atoms with E-state index in [1.54, 1.807) is 6.07 Å². The number of aromatic hydroxyl groups is 1. The molecule has 0 aliphatic heterocycles. The number of anilines is 1. The molecule has 0 saturated heterocycles. The maximum atomic E-state index is 12.9. The molecule has 0 atom stereocenters. The van der Waals surface area contributed by atoms with Crippen LogP contribution in [0.5, 0.6) is 11.5 Å². The lowest BCUT2D eigenvalue weighted by Crippen LogP contribution is -2.16. The van der Waals surface area contributed by atoms with E-state index in [1.807, 2.05) is 0 Å². The molecular formula is C26H23N3O15S4. The predicted molar refractivity (Wildman–Crippen MR) is 166 cm³/mol. The summed E-state index contributed by atoms with van der Waals surface area (Å²) >= 11 is 0. The molecule has 0 fully saturated rings. The number of fused-ring (bicyclic) bond motifs is 1. The Morgan fingerprint density at radius 1 is 0.812 bits per heavy atom. The van der Waals surface area contributed by atoms with E-state index in [4.69, 9.17) is 9.29 Å². The number of sulfone groups is 1. The van der Waals surface area contributed by atoms with Crippen molar-refractivity contribution in [1.29, 1.82) is 0 Å². The van der Waals surface area contributed by atoms with Gasteiger partial charge in [-0.15, -0.1) is 5.11 Å². The fourth-order valence-electron chi connectivity index (χ4n) is 4.22. The number of phenols is 1. The van der Waals surface area contributed by atoms with E-state index in [1.165, 1.54) is 24.3 Å². The lowest BCUT2D eigenvalue weighted by Gasteiger charge is -2.15. The molecule has 0 spiro atoms. The molecule has 256 valence electrons. The highest BCUT2D eigenvalue weighted by Gasteiger charge is 2.27. The maximum absolute atomic E-state index is 12.9. The molecule has 4 aromatic rings. The van der Waals surface area contributed by atoms with Crippen LogP contribution in [-0.4, -0.2) is 77.8 Å². The fraction of sp³-hybridized carbons (Fsp3) is 0.115. The number of hydrogen-bond acceptors (Lipinski definition) is 14. The number of phenolic OH excluding ortho intramolecular Hbond substituents is 1. The molecule has 0 unspecified atom stereocenters. The number of benzene rings is 4. The summed E-state index contributed by atoms with van der Waals surface area (Å²) in [7, 11) is -18.4. The van der Waals surface area contributed by atoms with E-state index in [9.17, 15) is 52.7 Å². The van der Waals surface area contributed by atoms with Crippen molar-refractivity contribution in [2.75, 3.05) is 24.8 Å². The monoisotopic (exact) mass is 745 g/mol. The van der Waals surface area contributed by atoms with Crippen molar-refractivity contribution < 1.29 is 66.2 Å². The number of amides is 1. The summed E-state index contributed by atoms with van der Waals surface area (Å²) in [5.74, 6) is -3.04. The number of azo groups is 1. The van der Waals surface area contributed by atoms with Crippen molar-refractivity contribution >= 4 is 74.2 Å². The van der Waals surface area contributed by atoms with Gasteiger partial charge in [0.25, 0.3) is 26.1 Å². The van der Waals surface area contributed by atoms with Gasteiger partial charge in [-0.1, -0.05) is 18.2 Å². The Kier molecular flexibility index (Phi) is 10.2. The Morgan fingerprint density at radius 3 is 2.06 bits per heavy atom. The van der Waals surface area contributed by atoms with Gasteiger partial charge in [-0.05, 0) is 53.9 Å². The zero-order valence-corrected chi connectivity index (χ0v) is 27.3. The Labute approximate surface area is 273 Å². The van der Waals surface area contributed by atoms with Gasteiger partial charge in [-0.2, -0.15) is 30.4 Å². The van der Waals surface area contributed by atoms with E-state index in [0.29, 0.717) is 6.07 Å². The van der Waals surface area contributed by atoms with E-state index in [0.717, 1.165) is 37.4 Å². The number of ether oxygens (including phenoxy) is 1. The van der Waals surface area contributed by atoms with Crippen molar-refractivity contribution in [3.05, 3.63) is 72.3 Å². The second-order valence-corrected chi connectivity index (χ2v) is 15.5. The standard InChI is InChI=1S/C26H23N3O15S4/c1-43-20-8-7-17(13-21(20)45(32,33)10-9-44-48(40,41)42)28-29-24-22(47(37,38)39)12-16-11-18(46(34,35)36)14-19(23(16)25(24)30)27-26(31)15-5-3-2-4-6-15/h2-8,11-14,30H,9-10H2,1H3,(H,27,31)(H,34,35,36)(H,37,38,39)(H,40,41,42). The van der Waals surface area contributed by atoms with E-state index in [2.05, 4.69) is 19.7 Å². The summed E-state index contributed by atoms with van der Waals surface area (Å²) in [4.78, 5) is 10.5. The van der Waals surface area contributed by atoms with Gasteiger partial charge >= 0.3 is 10.4 Å². The van der Waals surface area contributed by atoms with Crippen LogP contribution in [-0.2, 0) is 44.7 Å². The third kappa shape index (κ3) is 8.48. The van der Waals surface area contributed by atoms with E-state index in [-0.39, 0.29) is 17.0 Å². The highest BCUT2D eigenvalue weighted by Crippen LogP contribution is 2.45. The Balaban J connectivity index is 1.90. The van der Waals surface area contributed by atoms with Crippen molar-refractivity contribution in [1.82, 2.24) is 0 Å². The topological polar surface area (TPSA) is 290 Å². The number of nitrogens with zero attached hydrogens (tertiary/aromatic N) is 2. The van der Waals surface area contributed by atoms with Crippen molar-refractivity contribution in [2.24, 2.45) is 10.2 Å². The number of nitrogens with one attached hydrogen (secondary N) is 1. The highest BCUT2D eigenvalue weighted by atomic mass is 32.3. The molecule has 1 amide bonds. The molecule has 0 heterocycles. The number of rotatable bonds is 12. The average Bonchev–Trinajstić information content (AvgIpc) is 2.98. The lowest BCUT2D eigenvalue weighted by atomic mass is 10.1. The molecule has 22 heteroatoms. The first-order chi connectivity index (χ1) is 22.2. The summed E-state index contributed by atoms with van der Waals surface area (Å²) in [6, 6.07) is 12.9. The van der Waals surface area contributed by atoms with Gasteiger partial charge < -0.3 is 15.2 Å². The summed E-state index contributed by atoms with van der Waals surface area (Å²) in [5, 5.41) is 20.3. The van der Waals surface area contributed by atoms with Crippen LogP contribution in [0.3, 0.4) is 0 Å². The Hall–Kier alpha value is -4.55. The summed E-state index contributed by atoms with van der Waals surface area (Å²) in [5.41, 5.74) is -1.58. The summed E-state index contributed by atoms with van der Waals surface area (Å²) < 4.78 is 134. The molecule has 0 saturated carbocycles. The first kappa shape index (κ1) is 36.3. The summed E-state index contributed by atoms with van der Waals surface area (Å²) in [6.07, 6.45) is 0. The maximum Gasteiger partial charge on any atom is 0.397 e. The lowest BCUT2D eigenvalue weighted by molar-refractivity contribution is 0.102.